The fourth-order valence-electron chi connectivity index (χ4n) is 3.45. The lowest BCUT2D eigenvalue weighted by Crippen LogP contribution is -2.21. The second-order valence-electron chi connectivity index (χ2n) is 7.88. The average molecular weight is 735 g/mol. The summed E-state index contributed by atoms with van der Waals surface area (Å²) in [5.74, 6) is -0.0790. The van der Waals surface area contributed by atoms with E-state index in [9.17, 15) is 9.59 Å². The van der Waals surface area contributed by atoms with E-state index >= 15 is 0 Å². The molecule has 1 aromatic heterocycles. The maximum absolute atomic E-state index is 13.3. The van der Waals surface area contributed by atoms with Crippen molar-refractivity contribution < 1.29 is 14.3 Å². The third-order valence-electron chi connectivity index (χ3n) is 5.33. The topological polar surface area (TPSA) is 73.2 Å². The van der Waals surface area contributed by atoms with Crippen molar-refractivity contribution >= 4 is 81.2 Å². The third kappa shape index (κ3) is 7.27. The molecule has 3 rings (SSSR count). The average Bonchev–Trinajstić information content (AvgIpc) is 3.40. The fourth-order valence-corrected chi connectivity index (χ4v) is 5.92. The van der Waals surface area contributed by atoms with Gasteiger partial charge in [-0.1, -0.05) is 39.0 Å². The summed E-state index contributed by atoms with van der Waals surface area (Å²) < 4.78 is 9.26. The summed E-state index contributed by atoms with van der Waals surface area (Å²) in [6, 6.07) is 7.21. The minimum Gasteiger partial charge on any atom is -0.494 e. The molecular weight excluding hydrogens is 710 g/mol. The number of imidazole rings is 1. The van der Waals surface area contributed by atoms with Crippen LogP contribution in [0.4, 0.5) is 5.69 Å². The highest BCUT2D eigenvalue weighted by Crippen LogP contribution is 2.42. The van der Waals surface area contributed by atoms with Crippen LogP contribution in [0.15, 0.2) is 60.9 Å². The molecule has 0 saturated carbocycles. The van der Waals surface area contributed by atoms with E-state index in [1.54, 1.807) is 12.1 Å². The van der Waals surface area contributed by atoms with Gasteiger partial charge in [-0.15, -0.1) is 0 Å². The number of aromatic nitrogens is 2. The molecule has 0 aliphatic carbocycles. The van der Waals surface area contributed by atoms with Gasteiger partial charge in [0.2, 0.25) is 0 Å². The molecule has 35 heavy (non-hydrogen) atoms. The summed E-state index contributed by atoms with van der Waals surface area (Å²) in [7, 11) is 0. The van der Waals surface area contributed by atoms with Crippen molar-refractivity contribution in [2.24, 2.45) is 0 Å². The first-order valence-corrected chi connectivity index (χ1v) is 14.4. The van der Waals surface area contributed by atoms with Crippen LogP contribution >= 0.6 is 63.7 Å². The molecule has 0 bridgehead atoms. The minimum atomic E-state index is -0.435. The Morgan fingerprint density at radius 1 is 0.886 bits per heavy atom. The molecule has 0 aliphatic rings. The summed E-state index contributed by atoms with van der Waals surface area (Å²) in [5.41, 5.74) is 0.973. The Labute approximate surface area is 238 Å². The molecule has 3 aromatic rings. The molecule has 0 unspecified atom stereocenters. The number of rotatable bonds is 11. The van der Waals surface area contributed by atoms with Crippen molar-refractivity contribution in [1.82, 2.24) is 9.55 Å². The highest BCUT2D eigenvalue weighted by atomic mass is 79.9. The van der Waals surface area contributed by atoms with Gasteiger partial charge in [0.05, 0.1) is 17.7 Å². The molecule has 186 valence electrons. The molecule has 1 heterocycles. The van der Waals surface area contributed by atoms with Crippen LogP contribution in [0.2, 0.25) is 0 Å². The summed E-state index contributed by atoms with van der Waals surface area (Å²) in [4.78, 5) is 30.5. The van der Waals surface area contributed by atoms with Gasteiger partial charge in [-0.05, 0) is 94.4 Å². The van der Waals surface area contributed by atoms with E-state index in [-0.39, 0.29) is 11.1 Å². The molecule has 6 nitrogen and oxygen atoms in total. The Morgan fingerprint density at radius 3 is 2.14 bits per heavy atom. The van der Waals surface area contributed by atoms with E-state index in [1.807, 2.05) is 12.1 Å². The Balaban J connectivity index is 1.72. The molecular formula is C25H25Br4N3O3. The first kappa shape index (κ1) is 28.1. The molecule has 10 heteroatoms. The number of ether oxygens (including phenoxy) is 1. The molecule has 1 amide bonds. The van der Waals surface area contributed by atoms with E-state index in [0.29, 0.717) is 30.2 Å². The molecule has 2 aromatic carbocycles. The molecule has 0 aliphatic heterocycles. The zero-order valence-corrected chi connectivity index (χ0v) is 25.5. The SMILES string of the molecule is CCCCCCCCOc1ccc(NC(=O)c2c(Br)c(Br)c(Br)c(Br)c2C(=O)n2ccnc2)cc1. The van der Waals surface area contributed by atoms with E-state index in [1.165, 1.54) is 55.4 Å². The maximum Gasteiger partial charge on any atom is 0.265 e. The van der Waals surface area contributed by atoms with Crippen molar-refractivity contribution in [2.45, 2.75) is 45.4 Å². The zero-order valence-electron chi connectivity index (χ0n) is 19.1. The normalized spacial score (nSPS) is 10.9. The second-order valence-corrected chi connectivity index (χ2v) is 11.0. The molecule has 0 atom stereocenters. The van der Waals surface area contributed by atoms with Crippen LogP contribution < -0.4 is 10.1 Å². The first-order valence-electron chi connectivity index (χ1n) is 11.3. The van der Waals surface area contributed by atoms with Crippen LogP contribution in [-0.2, 0) is 0 Å². The van der Waals surface area contributed by atoms with E-state index in [2.05, 4.69) is 80.9 Å². The van der Waals surface area contributed by atoms with Gasteiger partial charge < -0.3 is 10.1 Å². The number of amides is 1. The molecule has 0 saturated heterocycles. The predicted molar refractivity (Wildman–Crippen MR) is 152 cm³/mol. The van der Waals surface area contributed by atoms with Crippen LogP contribution in [0.3, 0.4) is 0 Å². The van der Waals surface area contributed by atoms with Crippen molar-refractivity contribution in [2.75, 3.05) is 11.9 Å². The lowest BCUT2D eigenvalue weighted by atomic mass is 10.1. The van der Waals surface area contributed by atoms with Crippen LogP contribution in [0, 0.1) is 0 Å². The maximum atomic E-state index is 13.3. The lowest BCUT2D eigenvalue weighted by Gasteiger charge is -2.17. The van der Waals surface area contributed by atoms with Crippen molar-refractivity contribution in [3.05, 3.63) is 72.0 Å². The van der Waals surface area contributed by atoms with Gasteiger partial charge in [0.15, 0.2) is 0 Å². The molecule has 0 fully saturated rings. The molecule has 0 spiro atoms. The van der Waals surface area contributed by atoms with Crippen molar-refractivity contribution in [1.29, 1.82) is 0 Å². The van der Waals surface area contributed by atoms with Gasteiger partial charge in [0.1, 0.15) is 12.1 Å². The first-order chi connectivity index (χ1) is 16.8. The van der Waals surface area contributed by atoms with Gasteiger partial charge >= 0.3 is 0 Å². The van der Waals surface area contributed by atoms with Crippen LogP contribution in [0.25, 0.3) is 0 Å². The fraction of sp³-hybridized carbons (Fsp3) is 0.320. The van der Waals surface area contributed by atoms with Crippen LogP contribution in [0.1, 0.15) is 66.2 Å². The Bertz CT molecular complexity index is 1170. The van der Waals surface area contributed by atoms with Gasteiger partial charge in [0, 0.05) is 36.0 Å². The largest absolute Gasteiger partial charge is 0.494 e. The molecule has 0 radical (unpaired) electrons. The quantitative estimate of drug-likeness (QED) is 0.122. The predicted octanol–water partition coefficient (Wildman–Crippen LogP) is 8.61. The number of hydrogen-bond donors (Lipinski definition) is 1. The van der Waals surface area contributed by atoms with Crippen molar-refractivity contribution in [3.8, 4) is 5.75 Å². The molecule has 1 N–H and O–H groups in total. The monoisotopic (exact) mass is 731 g/mol. The van der Waals surface area contributed by atoms with Gasteiger partial charge in [0.25, 0.3) is 11.8 Å². The minimum absolute atomic E-state index is 0.189. The Kier molecular flexibility index (Phi) is 11.0. The number of nitrogens with one attached hydrogen (secondary N) is 1. The summed E-state index contributed by atoms with van der Waals surface area (Å²) in [6.45, 7) is 2.89. The summed E-state index contributed by atoms with van der Waals surface area (Å²) in [6.07, 6.45) is 11.7. The third-order valence-corrected chi connectivity index (χ3v) is 10.1. The number of nitrogens with zero attached hydrogens (tertiary/aromatic N) is 2. The number of carbonyl (C=O) groups excluding carboxylic acids is 2. The zero-order chi connectivity index (χ0) is 25.4. The van der Waals surface area contributed by atoms with Gasteiger partial charge in [-0.2, -0.15) is 0 Å². The number of halogens is 4. The number of benzene rings is 2. The van der Waals surface area contributed by atoms with Crippen LogP contribution in [0.5, 0.6) is 5.75 Å². The van der Waals surface area contributed by atoms with Crippen molar-refractivity contribution in [3.63, 3.8) is 0 Å². The summed E-state index contributed by atoms with van der Waals surface area (Å²) >= 11 is 13.9. The number of hydrogen-bond acceptors (Lipinski definition) is 4. The van der Waals surface area contributed by atoms with Gasteiger partial charge in [-0.3, -0.25) is 14.2 Å². The highest BCUT2D eigenvalue weighted by Gasteiger charge is 2.28. The highest BCUT2D eigenvalue weighted by molar-refractivity contribution is 9.15. The Hall–Kier alpha value is -1.49. The number of unbranched alkanes of at least 4 members (excludes halogenated alkanes) is 5. The van der Waals surface area contributed by atoms with E-state index in [0.717, 1.165) is 12.2 Å². The Morgan fingerprint density at radius 2 is 1.51 bits per heavy atom. The van der Waals surface area contributed by atoms with Crippen LogP contribution in [-0.4, -0.2) is 28.0 Å². The standard InChI is InChI=1S/C25H25Br4N3O3/c1-2-3-4-5-6-7-14-35-17-10-8-16(9-11-17)31-24(33)18-19(25(34)32-13-12-30-15-32)21(27)23(29)22(28)20(18)26/h8-13,15H,2-7,14H2,1H3,(H,31,33). The van der Waals surface area contributed by atoms with E-state index in [4.69, 9.17) is 4.74 Å². The smallest absolute Gasteiger partial charge is 0.265 e. The summed E-state index contributed by atoms with van der Waals surface area (Å²) in [5, 5.41) is 2.88. The lowest BCUT2D eigenvalue weighted by molar-refractivity contribution is 0.0944. The van der Waals surface area contributed by atoms with E-state index < -0.39 is 11.8 Å². The number of anilines is 1. The van der Waals surface area contributed by atoms with Gasteiger partial charge in [-0.25, -0.2) is 4.98 Å². The number of carbonyl (C=O) groups is 2. The second kappa shape index (κ2) is 13.7.